The Morgan fingerprint density at radius 1 is 1.21 bits per heavy atom. The van der Waals surface area contributed by atoms with E-state index in [1.807, 2.05) is 4.57 Å². The van der Waals surface area contributed by atoms with Crippen LogP contribution in [0.15, 0.2) is 24.5 Å². The highest BCUT2D eigenvalue weighted by Gasteiger charge is 2.26. The molecule has 0 saturated heterocycles. The smallest absolute Gasteiger partial charge is 0.261 e. The summed E-state index contributed by atoms with van der Waals surface area (Å²) in [6.07, 6.45) is 1.62. The van der Waals surface area contributed by atoms with Gasteiger partial charge in [-0.25, -0.2) is 0 Å². The number of hydrogen-bond donors (Lipinski definition) is 2. The van der Waals surface area contributed by atoms with E-state index >= 15 is 0 Å². The largest absolute Gasteiger partial charge is 0.507 e. The summed E-state index contributed by atoms with van der Waals surface area (Å²) in [4.78, 5) is 13.8. The molecule has 19 heavy (non-hydrogen) atoms. The van der Waals surface area contributed by atoms with Gasteiger partial charge in [-0.15, -0.1) is 10.2 Å². The van der Waals surface area contributed by atoms with Crippen molar-refractivity contribution in [3.05, 3.63) is 35.9 Å². The quantitative estimate of drug-likeness (QED) is 0.771. The normalized spacial score (nSPS) is 14.2. The fourth-order valence-corrected chi connectivity index (χ4v) is 2.15. The standard InChI is InChI=1S/C12H12N4O3/c17-8-2-1-3-9(18)11(8)12(19)15-4-5-16-7-13-14-10(16)6-15/h1-3,7,17-18H,4-6H2. The molecule has 1 aliphatic heterocycles. The van der Waals surface area contributed by atoms with Gasteiger partial charge in [-0.1, -0.05) is 6.07 Å². The number of carbonyl (C=O) groups is 1. The van der Waals surface area contributed by atoms with Crippen molar-refractivity contribution in [3.63, 3.8) is 0 Å². The van der Waals surface area contributed by atoms with E-state index in [1.54, 1.807) is 6.33 Å². The molecule has 1 aliphatic rings. The van der Waals surface area contributed by atoms with Crippen LogP contribution in [0.25, 0.3) is 0 Å². The van der Waals surface area contributed by atoms with Gasteiger partial charge in [0.15, 0.2) is 5.82 Å². The molecule has 0 radical (unpaired) electrons. The lowest BCUT2D eigenvalue weighted by atomic mass is 10.1. The molecule has 0 saturated carbocycles. The Morgan fingerprint density at radius 2 is 1.95 bits per heavy atom. The van der Waals surface area contributed by atoms with Gasteiger partial charge in [0.2, 0.25) is 0 Å². The monoisotopic (exact) mass is 260 g/mol. The molecule has 7 nitrogen and oxygen atoms in total. The highest BCUT2D eigenvalue weighted by molar-refractivity contribution is 5.99. The van der Waals surface area contributed by atoms with Crippen LogP contribution < -0.4 is 0 Å². The third kappa shape index (κ3) is 1.88. The second-order valence-corrected chi connectivity index (χ2v) is 4.34. The topological polar surface area (TPSA) is 91.5 Å². The lowest BCUT2D eigenvalue weighted by Gasteiger charge is -2.27. The van der Waals surface area contributed by atoms with Gasteiger partial charge in [-0.2, -0.15) is 0 Å². The summed E-state index contributed by atoms with van der Waals surface area (Å²) in [6, 6.07) is 4.23. The molecule has 0 spiro atoms. The predicted octanol–water partition coefficient (Wildman–Crippen LogP) is 0.345. The number of carbonyl (C=O) groups excluding carboxylic acids is 1. The van der Waals surface area contributed by atoms with E-state index in [2.05, 4.69) is 10.2 Å². The molecular formula is C12H12N4O3. The van der Waals surface area contributed by atoms with Gasteiger partial charge >= 0.3 is 0 Å². The van der Waals surface area contributed by atoms with Crippen LogP contribution in [0.1, 0.15) is 16.2 Å². The Kier molecular flexibility index (Phi) is 2.59. The first-order valence-electron chi connectivity index (χ1n) is 5.83. The van der Waals surface area contributed by atoms with Crippen LogP contribution in [0.2, 0.25) is 0 Å². The molecule has 0 bridgehead atoms. The number of rotatable bonds is 1. The fourth-order valence-electron chi connectivity index (χ4n) is 2.15. The first-order chi connectivity index (χ1) is 9.16. The molecular weight excluding hydrogens is 248 g/mol. The minimum atomic E-state index is -0.412. The van der Waals surface area contributed by atoms with Crippen LogP contribution in [-0.2, 0) is 13.1 Å². The highest BCUT2D eigenvalue weighted by atomic mass is 16.3. The van der Waals surface area contributed by atoms with Crippen molar-refractivity contribution in [1.29, 1.82) is 0 Å². The number of nitrogens with zero attached hydrogens (tertiary/aromatic N) is 4. The zero-order valence-corrected chi connectivity index (χ0v) is 10.0. The third-order valence-corrected chi connectivity index (χ3v) is 3.16. The van der Waals surface area contributed by atoms with Crippen LogP contribution in [0.5, 0.6) is 11.5 Å². The molecule has 2 heterocycles. The predicted molar refractivity (Wildman–Crippen MR) is 64.5 cm³/mol. The highest BCUT2D eigenvalue weighted by Crippen LogP contribution is 2.28. The minimum Gasteiger partial charge on any atom is -0.507 e. The summed E-state index contributed by atoms with van der Waals surface area (Å²) in [5.74, 6) is -0.173. The number of aromatic nitrogens is 3. The van der Waals surface area contributed by atoms with Gasteiger partial charge in [-0.05, 0) is 12.1 Å². The van der Waals surface area contributed by atoms with E-state index in [9.17, 15) is 15.0 Å². The lowest BCUT2D eigenvalue weighted by Crippen LogP contribution is -2.38. The summed E-state index contributed by atoms with van der Waals surface area (Å²) in [7, 11) is 0. The second kappa shape index (κ2) is 4.27. The molecule has 0 unspecified atom stereocenters. The second-order valence-electron chi connectivity index (χ2n) is 4.34. The molecule has 2 aromatic rings. The van der Waals surface area contributed by atoms with E-state index < -0.39 is 5.91 Å². The van der Waals surface area contributed by atoms with E-state index in [0.717, 1.165) is 0 Å². The molecule has 1 aromatic carbocycles. The summed E-state index contributed by atoms with van der Waals surface area (Å²) in [5, 5.41) is 27.1. The average molecular weight is 260 g/mol. The fraction of sp³-hybridized carbons (Fsp3) is 0.250. The molecule has 3 rings (SSSR count). The molecule has 2 N–H and O–H groups in total. The van der Waals surface area contributed by atoms with Crippen LogP contribution in [0.3, 0.4) is 0 Å². The van der Waals surface area contributed by atoms with Crippen molar-refractivity contribution in [1.82, 2.24) is 19.7 Å². The van der Waals surface area contributed by atoms with Gasteiger partial charge in [0.25, 0.3) is 5.91 Å². The van der Waals surface area contributed by atoms with E-state index in [0.29, 0.717) is 25.5 Å². The molecule has 0 fully saturated rings. The summed E-state index contributed by atoms with van der Waals surface area (Å²) >= 11 is 0. The Balaban J connectivity index is 1.90. The number of amides is 1. The zero-order valence-electron chi connectivity index (χ0n) is 10.0. The third-order valence-electron chi connectivity index (χ3n) is 3.16. The molecule has 7 heteroatoms. The summed E-state index contributed by atoms with van der Waals surface area (Å²) < 4.78 is 1.87. The molecule has 98 valence electrons. The summed E-state index contributed by atoms with van der Waals surface area (Å²) in [6.45, 7) is 1.40. The lowest BCUT2D eigenvalue weighted by molar-refractivity contribution is 0.0701. The Hall–Kier alpha value is -2.57. The number of phenols is 2. The maximum atomic E-state index is 12.3. The van der Waals surface area contributed by atoms with Gasteiger partial charge in [0, 0.05) is 13.1 Å². The van der Waals surface area contributed by atoms with E-state index in [-0.39, 0.29) is 17.1 Å². The Labute approximate surface area is 108 Å². The van der Waals surface area contributed by atoms with Gasteiger partial charge in [-0.3, -0.25) is 4.79 Å². The maximum Gasteiger partial charge on any atom is 0.261 e. The maximum absolute atomic E-state index is 12.3. The molecule has 1 aromatic heterocycles. The van der Waals surface area contributed by atoms with Crippen LogP contribution in [-0.4, -0.2) is 42.3 Å². The number of phenolic OH excluding ortho intramolecular Hbond substituents is 2. The molecule has 1 amide bonds. The zero-order chi connectivity index (χ0) is 13.4. The number of aromatic hydroxyl groups is 2. The van der Waals surface area contributed by atoms with Gasteiger partial charge in [0.1, 0.15) is 23.4 Å². The van der Waals surface area contributed by atoms with Crippen molar-refractivity contribution >= 4 is 5.91 Å². The van der Waals surface area contributed by atoms with Crippen molar-refractivity contribution in [2.75, 3.05) is 6.54 Å². The average Bonchev–Trinajstić information content (AvgIpc) is 2.85. The van der Waals surface area contributed by atoms with Crippen molar-refractivity contribution in [2.24, 2.45) is 0 Å². The number of benzene rings is 1. The van der Waals surface area contributed by atoms with Crippen molar-refractivity contribution in [3.8, 4) is 11.5 Å². The van der Waals surface area contributed by atoms with Crippen molar-refractivity contribution in [2.45, 2.75) is 13.1 Å². The van der Waals surface area contributed by atoms with Crippen LogP contribution >= 0.6 is 0 Å². The number of hydrogen-bond acceptors (Lipinski definition) is 5. The van der Waals surface area contributed by atoms with E-state index in [4.69, 9.17) is 0 Å². The Morgan fingerprint density at radius 3 is 2.68 bits per heavy atom. The van der Waals surface area contributed by atoms with Crippen LogP contribution in [0.4, 0.5) is 0 Å². The number of fused-ring (bicyclic) bond motifs is 1. The minimum absolute atomic E-state index is 0.0736. The molecule has 0 aliphatic carbocycles. The first kappa shape index (κ1) is 11.5. The molecule has 0 atom stereocenters. The van der Waals surface area contributed by atoms with Crippen LogP contribution in [0, 0.1) is 0 Å². The van der Waals surface area contributed by atoms with Crippen molar-refractivity contribution < 1.29 is 15.0 Å². The van der Waals surface area contributed by atoms with E-state index in [1.165, 1.54) is 23.1 Å². The van der Waals surface area contributed by atoms with Gasteiger partial charge < -0.3 is 19.7 Å². The summed E-state index contributed by atoms with van der Waals surface area (Å²) in [5.41, 5.74) is -0.0736. The SMILES string of the molecule is O=C(c1c(O)cccc1O)N1CCn2cnnc2C1. The Bertz CT molecular complexity index is 617. The first-order valence-corrected chi connectivity index (χ1v) is 5.83. The van der Waals surface area contributed by atoms with Gasteiger partial charge in [0.05, 0.1) is 6.54 Å².